The van der Waals surface area contributed by atoms with E-state index in [1.54, 1.807) is 0 Å². The summed E-state index contributed by atoms with van der Waals surface area (Å²) < 4.78 is 93.3. The fourth-order valence-corrected chi connectivity index (χ4v) is 6.89. The van der Waals surface area contributed by atoms with E-state index in [4.69, 9.17) is 11.6 Å². The first kappa shape index (κ1) is 30.5. The van der Waals surface area contributed by atoms with Crippen LogP contribution in [-0.2, 0) is 6.11 Å². The lowest BCUT2D eigenvalue weighted by atomic mass is 9.68. The van der Waals surface area contributed by atoms with E-state index in [2.05, 4.69) is 16.9 Å². The van der Waals surface area contributed by atoms with E-state index in [1.165, 1.54) is 37.8 Å². The summed E-state index contributed by atoms with van der Waals surface area (Å²) in [5.41, 5.74) is -1.11. The number of hydrogen-bond acceptors (Lipinski definition) is 1. The van der Waals surface area contributed by atoms with Crippen molar-refractivity contribution in [2.75, 3.05) is 0 Å². The molecule has 0 unspecified atom stereocenters. The summed E-state index contributed by atoms with van der Waals surface area (Å²) in [6.07, 6.45) is 8.21. The van der Waals surface area contributed by atoms with Crippen molar-refractivity contribution in [3.05, 3.63) is 100 Å². The molecule has 1 nitrogen and oxygen atoms in total. The van der Waals surface area contributed by atoms with Crippen LogP contribution in [0.1, 0.15) is 75.3 Å². The second-order valence-electron chi connectivity index (χ2n) is 11.6. The lowest BCUT2D eigenvalue weighted by molar-refractivity contribution is -0.189. The van der Waals surface area contributed by atoms with E-state index in [-0.39, 0.29) is 22.1 Å². The van der Waals surface area contributed by atoms with Crippen LogP contribution in [0.25, 0.3) is 11.1 Å². The lowest BCUT2D eigenvalue weighted by Gasteiger charge is -2.37. The molecule has 0 amide bonds. The normalized spacial score (nSPS) is 23.3. The number of benzene rings is 3. The molecule has 0 N–H and O–H groups in total. The molecule has 3 aromatic carbocycles. The van der Waals surface area contributed by atoms with Crippen LogP contribution in [0.4, 0.5) is 26.3 Å². The largest absolute Gasteiger partial charge is 0.432 e. The molecule has 224 valence electrons. The molecule has 0 saturated heterocycles. The van der Waals surface area contributed by atoms with Crippen LogP contribution in [-0.4, -0.2) is 0 Å². The maximum Gasteiger partial charge on any atom is 0.432 e. The summed E-state index contributed by atoms with van der Waals surface area (Å²) in [6.45, 7) is 2.05. The minimum Gasteiger partial charge on any atom is -0.429 e. The molecule has 2 fully saturated rings. The van der Waals surface area contributed by atoms with Crippen molar-refractivity contribution < 1.29 is 31.1 Å². The molecule has 3 aromatic rings. The summed E-state index contributed by atoms with van der Waals surface area (Å²) in [4.78, 5) is 0. The summed E-state index contributed by atoms with van der Waals surface area (Å²) in [5, 5.41) is -0.153. The van der Waals surface area contributed by atoms with E-state index in [0.717, 1.165) is 56.0 Å². The van der Waals surface area contributed by atoms with Crippen LogP contribution in [0.2, 0.25) is 5.02 Å². The minimum atomic E-state index is -4.41. The van der Waals surface area contributed by atoms with Crippen molar-refractivity contribution in [2.45, 2.75) is 70.3 Å². The predicted molar refractivity (Wildman–Crippen MR) is 153 cm³/mol. The van der Waals surface area contributed by atoms with Crippen molar-refractivity contribution >= 4 is 11.6 Å². The van der Waals surface area contributed by atoms with E-state index in [0.29, 0.717) is 29.4 Å². The number of rotatable bonds is 7. The first-order valence-electron chi connectivity index (χ1n) is 14.5. The van der Waals surface area contributed by atoms with Gasteiger partial charge in [0.25, 0.3) is 0 Å². The maximum atomic E-state index is 15.0. The van der Waals surface area contributed by atoms with Crippen LogP contribution in [0.3, 0.4) is 0 Å². The average Bonchev–Trinajstić information content (AvgIpc) is 2.95. The van der Waals surface area contributed by atoms with Gasteiger partial charge < -0.3 is 4.74 Å². The van der Waals surface area contributed by atoms with Gasteiger partial charge in [0.2, 0.25) is 0 Å². The van der Waals surface area contributed by atoms with Gasteiger partial charge in [-0.05, 0) is 129 Å². The molecular formula is C34H33ClF6O. The standard InChI is InChI=1S/C34H33ClF6O/c1-2-3-20-4-6-21(7-5-20)22-8-10-23(11-9-22)25-17-31(38)33(32(39)18-25)34(40,41)42-26-13-14-27(29(36)19-26)24-12-15-28(35)30(37)16-24/h2-3,12-23H,4-11H2,1H3/b3-2+. The molecule has 0 radical (unpaired) electrons. The van der Waals surface area contributed by atoms with Gasteiger partial charge in [0.05, 0.1) is 5.02 Å². The van der Waals surface area contributed by atoms with Gasteiger partial charge in [-0.1, -0.05) is 29.8 Å². The number of halogens is 7. The van der Waals surface area contributed by atoms with Crippen molar-refractivity contribution in [1.82, 2.24) is 0 Å². The van der Waals surface area contributed by atoms with Crippen LogP contribution >= 0.6 is 11.6 Å². The molecule has 42 heavy (non-hydrogen) atoms. The first-order chi connectivity index (χ1) is 20.1. The Labute approximate surface area is 247 Å². The fourth-order valence-electron chi connectivity index (χ4n) is 6.77. The molecule has 5 rings (SSSR count). The highest BCUT2D eigenvalue weighted by Gasteiger charge is 2.42. The van der Waals surface area contributed by atoms with Gasteiger partial charge in [0.1, 0.15) is 34.6 Å². The van der Waals surface area contributed by atoms with Gasteiger partial charge in [-0.15, -0.1) is 0 Å². The second-order valence-corrected chi connectivity index (χ2v) is 12.0. The summed E-state index contributed by atoms with van der Waals surface area (Å²) in [6, 6.07) is 8.36. The number of allylic oxidation sites excluding steroid dienone is 2. The molecule has 0 atom stereocenters. The Morgan fingerprint density at radius 1 is 0.738 bits per heavy atom. The second kappa shape index (κ2) is 12.7. The highest BCUT2D eigenvalue weighted by Crippen LogP contribution is 2.45. The Morgan fingerprint density at radius 3 is 1.93 bits per heavy atom. The highest BCUT2D eigenvalue weighted by atomic mass is 35.5. The van der Waals surface area contributed by atoms with Gasteiger partial charge in [-0.3, -0.25) is 0 Å². The van der Waals surface area contributed by atoms with Crippen molar-refractivity contribution in [3.63, 3.8) is 0 Å². The molecule has 2 saturated carbocycles. The van der Waals surface area contributed by atoms with Crippen molar-refractivity contribution in [1.29, 1.82) is 0 Å². The van der Waals surface area contributed by atoms with Crippen molar-refractivity contribution in [2.24, 2.45) is 17.8 Å². The van der Waals surface area contributed by atoms with E-state index in [1.807, 2.05) is 6.92 Å². The van der Waals surface area contributed by atoms with Crippen LogP contribution in [0.5, 0.6) is 5.75 Å². The van der Waals surface area contributed by atoms with Crippen molar-refractivity contribution in [3.8, 4) is 16.9 Å². The maximum absolute atomic E-state index is 15.0. The number of ether oxygens (including phenoxy) is 1. The molecule has 0 spiro atoms. The third-order valence-corrected chi connectivity index (χ3v) is 9.27. The van der Waals surface area contributed by atoms with Gasteiger partial charge in [-0.25, -0.2) is 17.6 Å². The molecule has 0 aromatic heterocycles. The topological polar surface area (TPSA) is 9.23 Å². The first-order valence-corrected chi connectivity index (χ1v) is 14.9. The third kappa shape index (κ3) is 6.66. The van der Waals surface area contributed by atoms with E-state index >= 15 is 17.6 Å². The summed E-state index contributed by atoms with van der Waals surface area (Å²) in [7, 11) is 0. The molecule has 0 aliphatic heterocycles. The third-order valence-electron chi connectivity index (χ3n) is 8.96. The zero-order valence-electron chi connectivity index (χ0n) is 23.3. The Kier molecular flexibility index (Phi) is 9.26. The van der Waals surface area contributed by atoms with Gasteiger partial charge >= 0.3 is 6.11 Å². The van der Waals surface area contributed by atoms with Gasteiger partial charge in [0.15, 0.2) is 0 Å². The predicted octanol–water partition coefficient (Wildman–Crippen LogP) is 11.3. The molecular weight excluding hydrogens is 574 g/mol. The van der Waals surface area contributed by atoms with E-state index < -0.39 is 40.7 Å². The average molecular weight is 607 g/mol. The highest BCUT2D eigenvalue weighted by molar-refractivity contribution is 6.30. The molecule has 2 aliphatic carbocycles. The SMILES string of the molecule is C/C=C/C1CCC(C2CCC(c3cc(F)c(C(F)(F)Oc4ccc(-c5ccc(Cl)c(F)c5)c(F)c4)c(F)c3)CC2)CC1. The molecule has 2 aliphatic rings. The van der Waals surface area contributed by atoms with Gasteiger partial charge in [0, 0.05) is 11.6 Å². The summed E-state index contributed by atoms with van der Waals surface area (Å²) >= 11 is 5.66. The lowest BCUT2D eigenvalue weighted by Crippen LogP contribution is -2.26. The van der Waals surface area contributed by atoms with Crippen LogP contribution < -0.4 is 4.74 Å². The smallest absolute Gasteiger partial charge is 0.429 e. The fraction of sp³-hybridized carbons (Fsp3) is 0.412. The van der Waals surface area contributed by atoms with Crippen LogP contribution in [0, 0.1) is 41.0 Å². The quantitative estimate of drug-likeness (QED) is 0.192. The Balaban J connectivity index is 1.25. The minimum absolute atomic E-state index is 0.0843. The zero-order chi connectivity index (χ0) is 30.0. The Bertz CT molecular complexity index is 1410. The molecule has 8 heteroatoms. The Morgan fingerprint density at radius 2 is 1.36 bits per heavy atom. The Hall–Kier alpha value is -2.93. The molecule has 0 bridgehead atoms. The summed E-state index contributed by atoms with van der Waals surface area (Å²) in [5.74, 6) is -3.40. The zero-order valence-corrected chi connectivity index (χ0v) is 24.0. The number of alkyl halides is 2. The van der Waals surface area contributed by atoms with Gasteiger partial charge in [-0.2, -0.15) is 8.78 Å². The van der Waals surface area contributed by atoms with Crippen LogP contribution in [0.15, 0.2) is 60.7 Å². The number of hydrogen-bond donors (Lipinski definition) is 0. The monoisotopic (exact) mass is 606 g/mol. The molecule has 0 heterocycles. The van der Waals surface area contributed by atoms with E-state index in [9.17, 15) is 8.78 Å².